The van der Waals surface area contributed by atoms with E-state index in [2.05, 4.69) is 45.9 Å². The summed E-state index contributed by atoms with van der Waals surface area (Å²) in [5.74, 6) is 5.43. The summed E-state index contributed by atoms with van der Waals surface area (Å²) in [5.41, 5.74) is 3.45. The lowest BCUT2D eigenvalue weighted by molar-refractivity contribution is -0.0574. The van der Waals surface area contributed by atoms with E-state index in [-0.39, 0.29) is 0 Å². The Morgan fingerprint density at radius 3 is 2.52 bits per heavy atom. The maximum Gasteiger partial charge on any atom is 0.0795 e. The van der Waals surface area contributed by atoms with Crippen LogP contribution in [0.1, 0.15) is 105 Å². The molecular formula is C27H45NO. The van der Waals surface area contributed by atoms with Gasteiger partial charge in [-0.05, 0) is 104 Å². The third-order valence-electron chi connectivity index (χ3n) is 10.3. The van der Waals surface area contributed by atoms with Gasteiger partial charge in [0.05, 0.1) is 5.71 Å². The first-order valence-corrected chi connectivity index (χ1v) is 12.7. The Kier molecular flexibility index (Phi) is 5.95. The molecule has 0 amide bonds. The van der Waals surface area contributed by atoms with Crippen molar-refractivity contribution in [3.63, 3.8) is 0 Å². The molecule has 2 heteroatoms. The minimum absolute atomic E-state index is 0.361. The van der Waals surface area contributed by atoms with Gasteiger partial charge in [-0.1, -0.05) is 64.6 Å². The maximum atomic E-state index is 9.27. The number of nitrogens with zero attached hydrogens (tertiary/aromatic N) is 1. The van der Waals surface area contributed by atoms with Gasteiger partial charge in [-0.15, -0.1) is 0 Å². The number of hydrogen-bond donors (Lipinski definition) is 1. The van der Waals surface area contributed by atoms with Crippen molar-refractivity contribution in [2.45, 2.75) is 105 Å². The van der Waals surface area contributed by atoms with Crippen molar-refractivity contribution in [2.75, 3.05) is 0 Å². The van der Waals surface area contributed by atoms with Crippen molar-refractivity contribution in [1.82, 2.24) is 0 Å². The molecule has 3 fully saturated rings. The zero-order valence-electron chi connectivity index (χ0n) is 19.7. The van der Waals surface area contributed by atoms with E-state index in [1.54, 1.807) is 5.57 Å². The molecule has 0 saturated heterocycles. The van der Waals surface area contributed by atoms with Crippen LogP contribution in [0, 0.1) is 46.3 Å². The minimum atomic E-state index is 0.361. The second kappa shape index (κ2) is 8.04. The Labute approximate surface area is 179 Å². The fourth-order valence-electron chi connectivity index (χ4n) is 8.67. The van der Waals surface area contributed by atoms with E-state index < -0.39 is 0 Å². The molecule has 4 rings (SSSR count). The summed E-state index contributed by atoms with van der Waals surface area (Å²) < 4.78 is 0. The molecule has 29 heavy (non-hydrogen) atoms. The van der Waals surface area contributed by atoms with Crippen molar-refractivity contribution in [3.8, 4) is 0 Å². The lowest BCUT2D eigenvalue weighted by Crippen LogP contribution is -2.51. The van der Waals surface area contributed by atoms with E-state index in [1.165, 1.54) is 64.2 Å². The molecule has 0 heterocycles. The van der Waals surface area contributed by atoms with Crippen molar-refractivity contribution >= 4 is 5.71 Å². The van der Waals surface area contributed by atoms with Crippen LogP contribution in [0.25, 0.3) is 0 Å². The normalized spacial score (nSPS) is 44.2. The first kappa shape index (κ1) is 21.4. The maximum absolute atomic E-state index is 9.27. The molecule has 0 aromatic carbocycles. The van der Waals surface area contributed by atoms with Crippen LogP contribution in [0.3, 0.4) is 0 Å². The number of hydrogen-bond acceptors (Lipinski definition) is 2. The van der Waals surface area contributed by atoms with Gasteiger partial charge in [0.2, 0.25) is 0 Å². The van der Waals surface area contributed by atoms with Gasteiger partial charge in [0.15, 0.2) is 0 Å². The van der Waals surface area contributed by atoms with Crippen molar-refractivity contribution in [1.29, 1.82) is 0 Å². The van der Waals surface area contributed by atoms with E-state index in [0.29, 0.717) is 10.8 Å². The Morgan fingerprint density at radius 1 is 1.00 bits per heavy atom. The summed E-state index contributed by atoms with van der Waals surface area (Å²) in [6, 6.07) is 0. The summed E-state index contributed by atoms with van der Waals surface area (Å²) in [5, 5.41) is 12.8. The molecule has 3 saturated carbocycles. The second-order valence-corrected chi connectivity index (χ2v) is 12.1. The molecule has 0 bridgehead atoms. The van der Waals surface area contributed by atoms with Gasteiger partial charge in [0.25, 0.3) is 0 Å². The summed E-state index contributed by atoms with van der Waals surface area (Å²) in [6.07, 6.45) is 17.1. The minimum Gasteiger partial charge on any atom is -0.411 e. The Bertz CT molecular complexity index is 663. The van der Waals surface area contributed by atoms with Crippen molar-refractivity contribution in [2.24, 2.45) is 51.5 Å². The average Bonchev–Trinajstić information content (AvgIpc) is 3.04. The molecule has 4 aliphatic carbocycles. The van der Waals surface area contributed by atoms with E-state index in [1.807, 2.05) is 0 Å². The highest BCUT2D eigenvalue weighted by Crippen LogP contribution is 2.67. The molecular weight excluding hydrogens is 354 g/mol. The summed E-state index contributed by atoms with van der Waals surface area (Å²) in [6.45, 7) is 12.5. The number of allylic oxidation sites excluding steroid dienone is 2. The third-order valence-corrected chi connectivity index (χ3v) is 10.3. The summed E-state index contributed by atoms with van der Waals surface area (Å²) >= 11 is 0. The molecule has 0 aromatic heterocycles. The molecule has 2 nitrogen and oxygen atoms in total. The third kappa shape index (κ3) is 3.61. The predicted octanol–water partition coefficient (Wildman–Crippen LogP) is 7.86. The topological polar surface area (TPSA) is 32.6 Å². The summed E-state index contributed by atoms with van der Waals surface area (Å²) in [7, 11) is 0. The molecule has 0 radical (unpaired) electrons. The van der Waals surface area contributed by atoms with Gasteiger partial charge in [0.1, 0.15) is 0 Å². The number of rotatable bonds is 5. The van der Waals surface area contributed by atoms with Crippen LogP contribution in [-0.4, -0.2) is 10.9 Å². The van der Waals surface area contributed by atoms with E-state index >= 15 is 0 Å². The Morgan fingerprint density at radius 2 is 1.79 bits per heavy atom. The molecule has 0 aliphatic heterocycles. The molecule has 1 unspecified atom stereocenters. The summed E-state index contributed by atoms with van der Waals surface area (Å²) in [4.78, 5) is 0. The first-order chi connectivity index (χ1) is 13.8. The second-order valence-electron chi connectivity index (χ2n) is 12.1. The van der Waals surface area contributed by atoms with Crippen LogP contribution in [-0.2, 0) is 0 Å². The standard InChI is InChI=1S/C27H45NO/c1-18(2)7-6-8-19(3)23-11-12-24-22-10-9-20-17-21(28-29)13-15-26(20,4)25(22)14-16-27(23,24)5/h17-19,22-25,29H,6-16H2,1-5H3/b28-21-/t19?,22-,23+,24-,25-,26-,27+/m0/s1. The molecule has 0 spiro atoms. The quantitative estimate of drug-likeness (QED) is 0.370. The SMILES string of the molecule is CC(C)CCCC(C)[C@H]1CC[C@H]2[C@@H]3CCC4=C/C(=N\O)CC[C@]4(C)[C@H]3CC[C@]12C. The van der Waals surface area contributed by atoms with Crippen LogP contribution in [0.5, 0.6) is 0 Å². The number of oxime groups is 1. The van der Waals surface area contributed by atoms with Crippen LogP contribution in [0.2, 0.25) is 0 Å². The largest absolute Gasteiger partial charge is 0.411 e. The van der Waals surface area contributed by atoms with Crippen LogP contribution >= 0.6 is 0 Å². The van der Waals surface area contributed by atoms with Crippen LogP contribution in [0.4, 0.5) is 0 Å². The smallest absolute Gasteiger partial charge is 0.0795 e. The Balaban J connectivity index is 1.49. The lowest BCUT2D eigenvalue weighted by atomic mass is 9.46. The van der Waals surface area contributed by atoms with Crippen LogP contribution < -0.4 is 0 Å². The molecule has 0 aromatic rings. The monoisotopic (exact) mass is 399 g/mol. The van der Waals surface area contributed by atoms with Crippen molar-refractivity contribution in [3.05, 3.63) is 11.6 Å². The van der Waals surface area contributed by atoms with Gasteiger partial charge in [-0.3, -0.25) is 0 Å². The highest BCUT2D eigenvalue weighted by Gasteiger charge is 2.59. The van der Waals surface area contributed by atoms with E-state index in [4.69, 9.17) is 0 Å². The van der Waals surface area contributed by atoms with Gasteiger partial charge >= 0.3 is 0 Å². The van der Waals surface area contributed by atoms with E-state index in [9.17, 15) is 5.21 Å². The molecule has 1 N–H and O–H groups in total. The molecule has 4 aliphatic rings. The van der Waals surface area contributed by atoms with Gasteiger partial charge in [0, 0.05) is 0 Å². The van der Waals surface area contributed by atoms with Crippen LogP contribution in [0.15, 0.2) is 16.8 Å². The molecule has 164 valence electrons. The zero-order chi connectivity index (χ0) is 20.8. The first-order valence-electron chi connectivity index (χ1n) is 12.7. The van der Waals surface area contributed by atoms with Gasteiger partial charge in [-0.2, -0.15) is 0 Å². The van der Waals surface area contributed by atoms with Crippen molar-refractivity contribution < 1.29 is 5.21 Å². The molecule has 7 atom stereocenters. The van der Waals surface area contributed by atoms with Gasteiger partial charge < -0.3 is 5.21 Å². The van der Waals surface area contributed by atoms with Gasteiger partial charge in [-0.25, -0.2) is 0 Å². The highest BCUT2D eigenvalue weighted by molar-refractivity contribution is 5.96. The fourth-order valence-corrected chi connectivity index (χ4v) is 8.67. The van der Waals surface area contributed by atoms with E-state index in [0.717, 1.165) is 47.6 Å². The Hall–Kier alpha value is -0.790. The predicted molar refractivity (Wildman–Crippen MR) is 122 cm³/mol. The average molecular weight is 400 g/mol. The fraction of sp³-hybridized carbons (Fsp3) is 0.889. The number of fused-ring (bicyclic) bond motifs is 5. The highest BCUT2D eigenvalue weighted by atomic mass is 16.4. The zero-order valence-corrected chi connectivity index (χ0v) is 19.7. The lowest BCUT2D eigenvalue weighted by Gasteiger charge is -2.58.